The van der Waals surface area contributed by atoms with Crippen molar-refractivity contribution in [1.82, 2.24) is 4.57 Å². The average Bonchev–Trinajstić information content (AvgIpc) is 2.53. The Bertz CT molecular complexity index is 503. The zero-order chi connectivity index (χ0) is 13.0. The molecule has 0 amide bonds. The molecule has 0 unspecified atom stereocenters. The van der Waals surface area contributed by atoms with E-state index in [4.69, 9.17) is 23.2 Å². The Morgan fingerprint density at radius 2 is 2.24 bits per heavy atom. The summed E-state index contributed by atoms with van der Waals surface area (Å²) in [5.41, 5.74) is 9.19. The Balaban J connectivity index is 3.21. The van der Waals surface area contributed by atoms with Gasteiger partial charge in [0.25, 0.3) is 0 Å². The number of nitrogens with zero attached hydrogens (tertiary/aromatic N) is 2. The number of rotatable bonds is 4. The van der Waals surface area contributed by atoms with E-state index >= 15 is 0 Å². The standard InChI is InChI=1S/C13H17N3S/c1-4-5-16-9(2)6-11(10(16)3)7-12(8-14)13(15)17/h6-7H,4-5H2,1-3H3,(H2,15,17)/b12-7-. The van der Waals surface area contributed by atoms with Crippen LogP contribution in [0.2, 0.25) is 0 Å². The van der Waals surface area contributed by atoms with Crippen molar-refractivity contribution >= 4 is 23.3 Å². The van der Waals surface area contributed by atoms with Gasteiger partial charge in [-0.05, 0) is 38.0 Å². The summed E-state index contributed by atoms with van der Waals surface area (Å²) >= 11 is 4.83. The highest BCUT2D eigenvalue weighted by molar-refractivity contribution is 7.80. The largest absolute Gasteiger partial charge is 0.389 e. The van der Waals surface area contributed by atoms with Crippen molar-refractivity contribution in [2.75, 3.05) is 0 Å². The molecule has 1 aromatic rings. The zero-order valence-electron chi connectivity index (χ0n) is 10.4. The van der Waals surface area contributed by atoms with E-state index in [1.807, 2.05) is 13.0 Å². The summed E-state index contributed by atoms with van der Waals surface area (Å²) < 4.78 is 2.24. The summed E-state index contributed by atoms with van der Waals surface area (Å²) in [5.74, 6) is 0. The van der Waals surface area contributed by atoms with Gasteiger partial charge in [-0.25, -0.2) is 0 Å². The van der Waals surface area contributed by atoms with E-state index < -0.39 is 0 Å². The Labute approximate surface area is 108 Å². The average molecular weight is 247 g/mol. The smallest absolute Gasteiger partial charge is 0.114 e. The minimum atomic E-state index is 0.146. The van der Waals surface area contributed by atoms with E-state index in [2.05, 4.69) is 24.5 Å². The Morgan fingerprint density at radius 3 is 2.71 bits per heavy atom. The molecule has 0 saturated carbocycles. The molecular weight excluding hydrogens is 230 g/mol. The lowest BCUT2D eigenvalue weighted by Gasteiger charge is -2.06. The van der Waals surface area contributed by atoms with Crippen LogP contribution in [0.1, 0.15) is 30.3 Å². The quantitative estimate of drug-likeness (QED) is 0.505. The Morgan fingerprint density at radius 1 is 1.59 bits per heavy atom. The van der Waals surface area contributed by atoms with Crippen molar-refractivity contribution in [1.29, 1.82) is 5.26 Å². The molecule has 0 atom stereocenters. The maximum Gasteiger partial charge on any atom is 0.114 e. The van der Waals surface area contributed by atoms with Gasteiger partial charge in [0.05, 0.1) is 5.57 Å². The fourth-order valence-corrected chi connectivity index (χ4v) is 1.96. The predicted octanol–water partition coefficient (Wildman–Crippen LogP) is 2.71. The highest BCUT2D eigenvalue weighted by atomic mass is 32.1. The van der Waals surface area contributed by atoms with Crippen molar-refractivity contribution in [3.63, 3.8) is 0 Å². The highest BCUT2D eigenvalue weighted by Gasteiger charge is 2.08. The van der Waals surface area contributed by atoms with Crippen LogP contribution in [0.25, 0.3) is 6.08 Å². The molecule has 0 radical (unpaired) electrons. The van der Waals surface area contributed by atoms with Crippen LogP contribution < -0.4 is 5.73 Å². The van der Waals surface area contributed by atoms with E-state index in [0.29, 0.717) is 5.57 Å². The summed E-state index contributed by atoms with van der Waals surface area (Å²) in [4.78, 5) is 0.146. The second-order valence-corrected chi connectivity index (χ2v) is 4.45. The number of aryl methyl sites for hydroxylation is 1. The first-order valence-corrected chi connectivity index (χ1v) is 6.00. The minimum absolute atomic E-state index is 0.146. The van der Waals surface area contributed by atoms with Gasteiger partial charge in [-0.2, -0.15) is 5.26 Å². The lowest BCUT2D eigenvalue weighted by Crippen LogP contribution is -2.09. The molecule has 3 nitrogen and oxygen atoms in total. The molecule has 0 bridgehead atoms. The lowest BCUT2D eigenvalue weighted by atomic mass is 10.1. The van der Waals surface area contributed by atoms with E-state index in [1.165, 1.54) is 5.69 Å². The zero-order valence-corrected chi connectivity index (χ0v) is 11.3. The van der Waals surface area contributed by atoms with E-state index in [0.717, 1.165) is 24.2 Å². The first kappa shape index (κ1) is 13.5. The monoisotopic (exact) mass is 247 g/mol. The molecule has 4 heteroatoms. The van der Waals surface area contributed by atoms with E-state index in [1.54, 1.807) is 6.08 Å². The first-order chi connectivity index (χ1) is 8.01. The van der Waals surface area contributed by atoms with Gasteiger partial charge in [0.2, 0.25) is 0 Å². The molecule has 1 aromatic heterocycles. The molecule has 1 rings (SSSR count). The van der Waals surface area contributed by atoms with Crippen LogP contribution in [0, 0.1) is 25.2 Å². The molecule has 1 heterocycles. The summed E-state index contributed by atoms with van der Waals surface area (Å²) in [6, 6.07) is 4.08. The van der Waals surface area contributed by atoms with Gasteiger partial charge >= 0.3 is 0 Å². The molecule has 2 N–H and O–H groups in total. The third kappa shape index (κ3) is 2.95. The Hall–Kier alpha value is -1.60. The lowest BCUT2D eigenvalue weighted by molar-refractivity contribution is 0.648. The van der Waals surface area contributed by atoms with Crippen molar-refractivity contribution < 1.29 is 0 Å². The molecule has 0 aliphatic heterocycles. The van der Waals surface area contributed by atoms with Crippen LogP contribution in [0.4, 0.5) is 0 Å². The molecule has 0 aromatic carbocycles. The van der Waals surface area contributed by atoms with Gasteiger partial charge in [-0.3, -0.25) is 0 Å². The molecule has 17 heavy (non-hydrogen) atoms. The van der Waals surface area contributed by atoms with Crippen molar-refractivity contribution in [3.8, 4) is 6.07 Å². The van der Waals surface area contributed by atoms with Crippen LogP contribution >= 0.6 is 12.2 Å². The van der Waals surface area contributed by atoms with Crippen molar-refractivity contribution in [3.05, 3.63) is 28.6 Å². The third-order valence-electron chi connectivity index (χ3n) is 2.75. The van der Waals surface area contributed by atoms with E-state index in [9.17, 15) is 0 Å². The number of hydrogen-bond donors (Lipinski definition) is 1. The predicted molar refractivity (Wildman–Crippen MR) is 74.6 cm³/mol. The van der Waals surface area contributed by atoms with Gasteiger partial charge in [-0.15, -0.1) is 0 Å². The number of aromatic nitrogens is 1. The van der Waals surface area contributed by atoms with Crippen LogP contribution in [0.5, 0.6) is 0 Å². The van der Waals surface area contributed by atoms with Crippen molar-refractivity contribution in [2.24, 2.45) is 5.73 Å². The number of nitriles is 1. The molecule has 0 aliphatic carbocycles. The maximum absolute atomic E-state index is 8.94. The minimum Gasteiger partial charge on any atom is -0.389 e. The van der Waals surface area contributed by atoms with Crippen LogP contribution in [0.15, 0.2) is 11.6 Å². The SMILES string of the molecule is CCCn1c(C)cc(/C=C(/C#N)C(N)=S)c1C. The maximum atomic E-state index is 8.94. The molecule has 0 saturated heterocycles. The summed E-state index contributed by atoms with van der Waals surface area (Å²) in [7, 11) is 0. The van der Waals surface area contributed by atoms with Gasteiger partial charge in [-0.1, -0.05) is 19.1 Å². The van der Waals surface area contributed by atoms with Crippen LogP contribution in [0.3, 0.4) is 0 Å². The van der Waals surface area contributed by atoms with E-state index in [-0.39, 0.29) is 4.99 Å². The van der Waals surface area contributed by atoms with Crippen molar-refractivity contribution in [2.45, 2.75) is 33.7 Å². The molecule has 0 spiro atoms. The molecular formula is C13H17N3S. The second kappa shape index (κ2) is 5.65. The molecule has 0 fully saturated rings. The fraction of sp³-hybridized carbons (Fsp3) is 0.385. The van der Waals surface area contributed by atoms with Crippen LogP contribution in [-0.2, 0) is 6.54 Å². The topological polar surface area (TPSA) is 54.7 Å². The third-order valence-corrected chi connectivity index (χ3v) is 2.97. The van der Waals surface area contributed by atoms with Crippen LogP contribution in [-0.4, -0.2) is 9.56 Å². The number of nitrogens with two attached hydrogens (primary N) is 1. The second-order valence-electron chi connectivity index (χ2n) is 4.01. The Kier molecular flexibility index (Phi) is 4.47. The molecule has 90 valence electrons. The summed E-state index contributed by atoms with van der Waals surface area (Å²) in [6.07, 6.45) is 2.84. The first-order valence-electron chi connectivity index (χ1n) is 5.59. The normalized spacial score (nSPS) is 11.3. The molecule has 0 aliphatic rings. The fourth-order valence-electron chi connectivity index (χ4n) is 1.86. The number of hydrogen-bond acceptors (Lipinski definition) is 2. The summed E-state index contributed by atoms with van der Waals surface area (Å²) in [6.45, 7) is 7.24. The van der Waals surface area contributed by atoms with Gasteiger partial charge in [0.1, 0.15) is 11.1 Å². The summed E-state index contributed by atoms with van der Waals surface area (Å²) in [5, 5.41) is 8.94. The van der Waals surface area contributed by atoms with Gasteiger partial charge in [0.15, 0.2) is 0 Å². The van der Waals surface area contributed by atoms with Gasteiger partial charge < -0.3 is 10.3 Å². The van der Waals surface area contributed by atoms with Gasteiger partial charge in [0, 0.05) is 17.9 Å². The number of thiocarbonyl (C=S) groups is 1. The highest BCUT2D eigenvalue weighted by Crippen LogP contribution is 2.18.